The molecular formula is C22H49O4P2+. The van der Waals surface area contributed by atoms with Gasteiger partial charge in [-0.1, -0.05) is 90.4 Å². The Labute approximate surface area is 176 Å². The summed E-state index contributed by atoms with van der Waals surface area (Å²) in [5.74, 6) is 0. The molecule has 1 unspecified atom stereocenters. The predicted molar refractivity (Wildman–Crippen MR) is 126 cm³/mol. The number of phosphoric acid groups is 1. The molecule has 0 aromatic rings. The summed E-state index contributed by atoms with van der Waals surface area (Å²) in [6, 6.07) is 0. The molecule has 0 amide bonds. The van der Waals surface area contributed by atoms with E-state index in [9.17, 15) is 9.46 Å². The van der Waals surface area contributed by atoms with E-state index in [1.807, 2.05) is 0 Å². The lowest BCUT2D eigenvalue weighted by molar-refractivity contribution is 0.147. The topological polar surface area (TPSA) is 55.8 Å². The minimum absolute atomic E-state index is 0.309. The Morgan fingerprint density at radius 2 is 1.00 bits per heavy atom. The van der Waals surface area contributed by atoms with Gasteiger partial charge in [0.15, 0.2) is 0 Å². The molecule has 1 atom stereocenters. The van der Waals surface area contributed by atoms with Gasteiger partial charge in [0.2, 0.25) is 0 Å². The van der Waals surface area contributed by atoms with Crippen LogP contribution in [0.25, 0.3) is 0 Å². The quantitative estimate of drug-likeness (QED) is 0.146. The van der Waals surface area contributed by atoms with Crippen molar-refractivity contribution in [2.24, 2.45) is 0 Å². The van der Waals surface area contributed by atoms with E-state index in [0.717, 1.165) is 25.4 Å². The number of hydrogen-bond acceptors (Lipinski definition) is 3. The molecule has 0 saturated heterocycles. The van der Waals surface area contributed by atoms with Crippen LogP contribution >= 0.6 is 15.1 Å². The highest BCUT2D eigenvalue weighted by Gasteiger charge is 2.22. The smallest absolute Gasteiger partial charge is 0.302 e. The van der Waals surface area contributed by atoms with Gasteiger partial charge in [-0.2, -0.15) is 0 Å². The molecule has 0 aliphatic carbocycles. The summed E-state index contributed by atoms with van der Waals surface area (Å²) in [6.45, 7) is 9.68. The van der Waals surface area contributed by atoms with Crippen molar-refractivity contribution in [1.82, 2.24) is 0 Å². The second-order valence-corrected chi connectivity index (χ2v) is 15.6. The van der Waals surface area contributed by atoms with Crippen molar-refractivity contribution < 1.29 is 18.5 Å². The third-order valence-corrected chi connectivity index (χ3v) is 7.66. The van der Waals surface area contributed by atoms with Crippen molar-refractivity contribution in [3.8, 4) is 0 Å². The highest BCUT2D eigenvalue weighted by Crippen LogP contribution is 2.48. The van der Waals surface area contributed by atoms with E-state index in [4.69, 9.17) is 9.05 Å². The van der Waals surface area contributed by atoms with Gasteiger partial charge in [0, 0.05) is 33.7 Å². The molecule has 0 aromatic carbocycles. The largest absolute Gasteiger partial charge is 0.472 e. The molecule has 0 bridgehead atoms. The maximum Gasteiger partial charge on any atom is 0.472 e. The van der Waals surface area contributed by atoms with E-state index in [0.29, 0.717) is 13.2 Å². The first-order valence-corrected chi connectivity index (χ1v) is 16.5. The molecule has 0 radical (unpaired) electrons. The predicted octanol–water partition coefficient (Wildman–Crippen LogP) is 7.90. The zero-order valence-electron chi connectivity index (χ0n) is 19.3. The molecule has 6 heteroatoms. The van der Waals surface area contributed by atoms with Crippen molar-refractivity contribution in [3.63, 3.8) is 0 Å². The minimum Gasteiger partial charge on any atom is -0.302 e. The van der Waals surface area contributed by atoms with E-state index in [-0.39, 0.29) is 0 Å². The van der Waals surface area contributed by atoms with Crippen LogP contribution in [-0.4, -0.2) is 44.3 Å². The van der Waals surface area contributed by atoms with Gasteiger partial charge in [0.25, 0.3) is 0 Å². The van der Waals surface area contributed by atoms with Crippen LogP contribution < -0.4 is 0 Å². The molecule has 0 rings (SSSR count). The molecule has 0 saturated carbocycles. The van der Waals surface area contributed by atoms with Gasteiger partial charge in [-0.15, -0.1) is 0 Å². The number of unbranched alkanes of at least 4 members (excludes halogenated alkanes) is 13. The van der Waals surface area contributed by atoms with Gasteiger partial charge in [0.1, 0.15) is 0 Å². The highest BCUT2D eigenvalue weighted by molar-refractivity contribution is 7.73. The fraction of sp³-hybridized carbons (Fsp3) is 1.00. The standard InChI is InChI=1S/C22H48O4P2/c1-5-6-7-8-9-10-11-12-13-14-15-16-17-18-20-25-28(23,24)26-21-19-22-27(2,3)4/h5-22H2,1-4H3/p+1. The first-order chi connectivity index (χ1) is 13.3. The maximum atomic E-state index is 11.8. The Morgan fingerprint density at radius 1 is 0.643 bits per heavy atom. The zero-order chi connectivity index (χ0) is 21.1. The van der Waals surface area contributed by atoms with Crippen LogP contribution in [0.2, 0.25) is 0 Å². The van der Waals surface area contributed by atoms with E-state index in [2.05, 4.69) is 26.9 Å². The second kappa shape index (κ2) is 18.3. The summed E-state index contributed by atoms with van der Waals surface area (Å²) < 4.78 is 21.9. The van der Waals surface area contributed by atoms with E-state index in [1.54, 1.807) is 0 Å². The van der Waals surface area contributed by atoms with E-state index < -0.39 is 15.1 Å². The van der Waals surface area contributed by atoms with Gasteiger partial charge in [0.05, 0.1) is 19.4 Å². The number of hydrogen-bond donors (Lipinski definition) is 1. The summed E-state index contributed by atoms with van der Waals surface area (Å²) in [7, 11) is -4.69. The van der Waals surface area contributed by atoms with Crippen molar-refractivity contribution in [2.75, 3.05) is 39.4 Å². The fourth-order valence-corrected chi connectivity index (χ4v) is 5.10. The minimum atomic E-state index is -3.85. The van der Waals surface area contributed by atoms with Gasteiger partial charge in [-0.3, -0.25) is 9.05 Å². The Kier molecular flexibility index (Phi) is 18.7. The monoisotopic (exact) mass is 439 g/mol. The summed E-state index contributed by atoms with van der Waals surface area (Å²) in [5.41, 5.74) is 0. The molecular weight excluding hydrogens is 390 g/mol. The van der Waals surface area contributed by atoms with Crippen LogP contribution in [0.3, 0.4) is 0 Å². The lowest BCUT2D eigenvalue weighted by Gasteiger charge is -2.14. The van der Waals surface area contributed by atoms with Crippen LogP contribution in [0.5, 0.6) is 0 Å². The summed E-state index contributed by atoms with van der Waals surface area (Å²) in [6.07, 6.45) is 20.0. The Hall–Kier alpha value is 0.540. The molecule has 0 aliphatic heterocycles. The molecule has 4 nitrogen and oxygen atoms in total. The number of rotatable bonds is 21. The molecule has 0 aromatic heterocycles. The first-order valence-electron chi connectivity index (χ1n) is 11.7. The molecule has 0 aliphatic rings. The molecule has 28 heavy (non-hydrogen) atoms. The molecule has 0 spiro atoms. The zero-order valence-corrected chi connectivity index (χ0v) is 21.1. The summed E-state index contributed by atoms with van der Waals surface area (Å²) in [4.78, 5) is 9.67. The van der Waals surface area contributed by atoms with E-state index in [1.165, 1.54) is 77.0 Å². The van der Waals surface area contributed by atoms with Crippen molar-refractivity contribution in [1.29, 1.82) is 0 Å². The molecule has 170 valence electrons. The van der Waals surface area contributed by atoms with Crippen molar-refractivity contribution in [2.45, 2.75) is 103 Å². The third kappa shape index (κ3) is 22.8. The van der Waals surface area contributed by atoms with Crippen LogP contribution in [0.4, 0.5) is 0 Å². The summed E-state index contributed by atoms with van der Waals surface area (Å²) in [5, 5.41) is 0. The molecule has 0 fully saturated rings. The van der Waals surface area contributed by atoms with Gasteiger partial charge in [-0.25, -0.2) is 4.57 Å². The molecule has 0 heterocycles. The van der Waals surface area contributed by atoms with Crippen LogP contribution in [0.15, 0.2) is 0 Å². The van der Waals surface area contributed by atoms with Crippen molar-refractivity contribution >= 4 is 15.1 Å². The highest BCUT2D eigenvalue weighted by atomic mass is 31.2. The van der Waals surface area contributed by atoms with Crippen LogP contribution in [0, 0.1) is 0 Å². The van der Waals surface area contributed by atoms with Gasteiger partial charge >= 0.3 is 7.82 Å². The fourth-order valence-electron chi connectivity index (χ4n) is 3.23. The van der Waals surface area contributed by atoms with Gasteiger partial charge < -0.3 is 4.89 Å². The Balaban J connectivity index is 3.32. The number of phosphoric ester groups is 1. The Morgan fingerprint density at radius 3 is 1.39 bits per heavy atom. The van der Waals surface area contributed by atoms with Crippen LogP contribution in [-0.2, 0) is 13.6 Å². The second-order valence-electron chi connectivity index (χ2n) is 9.10. The third-order valence-electron chi connectivity index (χ3n) is 4.98. The van der Waals surface area contributed by atoms with Crippen molar-refractivity contribution in [3.05, 3.63) is 0 Å². The lowest BCUT2D eigenvalue weighted by atomic mass is 10.0. The average Bonchev–Trinajstić information content (AvgIpc) is 2.61. The summed E-state index contributed by atoms with van der Waals surface area (Å²) >= 11 is 0. The first kappa shape index (κ1) is 28.5. The average molecular weight is 440 g/mol. The SMILES string of the molecule is CCCCCCCCCCCCCCCCOP(=O)(O)OCCC[P+](C)(C)C. The molecule has 1 N–H and O–H groups in total. The van der Waals surface area contributed by atoms with E-state index >= 15 is 0 Å². The Bertz CT molecular complexity index is 383. The maximum absolute atomic E-state index is 11.8. The van der Waals surface area contributed by atoms with Gasteiger partial charge in [-0.05, 0) is 6.42 Å². The normalized spacial score (nSPS) is 14.3. The lowest BCUT2D eigenvalue weighted by Crippen LogP contribution is -2.02. The van der Waals surface area contributed by atoms with Crippen LogP contribution in [0.1, 0.15) is 103 Å².